The van der Waals surface area contributed by atoms with Crippen LogP contribution in [0.15, 0.2) is 239 Å². The topological polar surface area (TPSA) is 318 Å². The van der Waals surface area contributed by atoms with E-state index in [1.54, 1.807) is 73.3 Å². The van der Waals surface area contributed by atoms with Crippen molar-refractivity contribution in [2.45, 2.75) is 114 Å². The van der Waals surface area contributed by atoms with Crippen molar-refractivity contribution in [2.24, 2.45) is 0 Å². The van der Waals surface area contributed by atoms with Gasteiger partial charge in [-0.2, -0.15) is 0 Å². The van der Waals surface area contributed by atoms with Crippen molar-refractivity contribution >= 4 is 194 Å². The first-order valence-electron chi connectivity index (χ1n) is 44.8. The zero-order valence-electron chi connectivity index (χ0n) is 79.2. The normalized spacial score (nSPS) is 11.2. The van der Waals surface area contributed by atoms with Gasteiger partial charge >= 0.3 is 0 Å². The molecule has 18 rings (SSSR count). The fourth-order valence-electron chi connectivity index (χ4n) is 15.7. The number of carbonyl (C=O) groups is 5. The molecule has 13 heterocycles. The van der Waals surface area contributed by atoms with E-state index in [1.807, 2.05) is 178 Å². The molecule has 0 atom stereocenters. The predicted molar refractivity (Wildman–Crippen MR) is 563 cm³/mol. The van der Waals surface area contributed by atoms with Gasteiger partial charge in [0.2, 0.25) is 0 Å². The number of nitrogens with one attached hydrogen (secondary N) is 5. The van der Waals surface area contributed by atoms with Gasteiger partial charge in [0.05, 0.1) is 89.6 Å². The molecule has 0 fully saturated rings. The number of hydrogen-bond donors (Lipinski definition) is 5. The third-order valence-corrected chi connectivity index (χ3v) is 25.3. The lowest BCUT2D eigenvalue weighted by molar-refractivity contribution is 0.101. The fourth-order valence-corrected chi connectivity index (χ4v) is 17.8. The van der Waals surface area contributed by atoms with Crippen molar-refractivity contribution in [2.75, 3.05) is 67.9 Å². The summed E-state index contributed by atoms with van der Waals surface area (Å²) in [6, 6.07) is 42.4. The molecule has 5 N–H and O–H groups in total. The number of carbonyl (C=O) groups excluding carboxylic acids is 5. The lowest BCUT2D eigenvalue weighted by atomic mass is 10.0. The van der Waals surface area contributed by atoms with Crippen LogP contribution in [0.25, 0.3) is 55.2 Å². The van der Waals surface area contributed by atoms with Gasteiger partial charge in [-0.3, -0.25) is 24.0 Å². The van der Waals surface area contributed by atoms with Gasteiger partial charge in [-0.15, -0.1) is 0 Å². The van der Waals surface area contributed by atoms with Crippen LogP contribution in [0.3, 0.4) is 0 Å². The average Bonchev–Trinajstić information content (AvgIpc) is 1.59. The largest absolute Gasteiger partial charge is 0.332 e. The molecule has 5 aromatic carbocycles. The number of amides is 5. The van der Waals surface area contributed by atoms with Crippen LogP contribution in [0.5, 0.6) is 0 Å². The molecule has 716 valence electrons. The highest BCUT2D eigenvalue weighted by atomic mass is 35.5. The Balaban J connectivity index is 0.000000139. The molecule has 35 heteroatoms. The molecule has 13 aromatic heterocycles. The zero-order chi connectivity index (χ0) is 99.7. The maximum absolute atomic E-state index is 12.8. The lowest BCUT2D eigenvalue weighted by Crippen LogP contribution is -2.15. The monoisotopic (exact) mass is 2010 g/mol. The highest BCUT2D eigenvalue weighted by Crippen LogP contribution is 2.38. The summed E-state index contributed by atoms with van der Waals surface area (Å²) in [4.78, 5) is 115. The van der Waals surface area contributed by atoms with E-state index in [1.165, 1.54) is 49.3 Å². The Morgan fingerprint density at radius 3 is 0.764 bits per heavy atom. The number of benzene rings is 5. The third kappa shape index (κ3) is 25.2. The lowest BCUT2D eigenvalue weighted by Gasteiger charge is -2.11. The number of hydrogen-bond acceptors (Lipinski definition) is 18. The SMILES string of the molecule is Cc1ccc(NC(=O)c2cnc3c(c(C)cn3CCCN(C)C)c2Cl)cc1.Cc1ccc(NC(=O)c2cnc3c(c(C)cn3Cc3ccncn3)c2Cl)cc1.Cc1cn(CCCN(C)C)c2ncc(C(=O)Nc3ccc(Cl)cc3)c(Cl)c12.Cc1cn(Cc2ccncn2)c2ncc(C(=O)Nc3ccc(C(C)C)cc3)c(Cl)c12.Cc1cn(Cc2ccncn2)c2ncc(C(=O)Nc3ccc(Cl)cc3)c(Cl)c12. The quantitative estimate of drug-likeness (QED) is 0.0355. The molecule has 0 aliphatic rings. The van der Waals surface area contributed by atoms with E-state index < -0.39 is 0 Å². The number of fused-ring (bicyclic) bond motifs is 5. The number of aromatic nitrogens is 16. The summed E-state index contributed by atoms with van der Waals surface area (Å²) in [5, 5.41) is 21.5. The number of rotatable bonds is 25. The van der Waals surface area contributed by atoms with Gasteiger partial charge in [0.15, 0.2) is 0 Å². The highest BCUT2D eigenvalue weighted by molar-refractivity contribution is 6.42. The number of halogens is 7. The van der Waals surface area contributed by atoms with Gasteiger partial charge in [-0.25, -0.2) is 54.8 Å². The Hall–Kier alpha value is -13.9. The molecule has 0 unspecified atom stereocenters. The molecule has 5 amide bonds. The van der Waals surface area contributed by atoms with Crippen molar-refractivity contribution in [1.82, 2.24) is 87.5 Å². The van der Waals surface area contributed by atoms with Crippen LogP contribution in [0.1, 0.15) is 146 Å². The molecule has 0 saturated heterocycles. The second-order valence-corrected chi connectivity index (χ2v) is 37.2. The second-order valence-electron chi connectivity index (χ2n) is 34.5. The minimum atomic E-state index is -0.329. The van der Waals surface area contributed by atoms with Crippen LogP contribution in [0, 0.1) is 48.5 Å². The van der Waals surface area contributed by atoms with Gasteiger partial charge in [-0.05, 0) is 245 Å². The van der Waals surface area contributed by atoms with Gasteiger partial charge in [0, 0.05) is 159 Å². The summed E-state index contributed by atoms with van der Waals surface area (Å²) in [6.07, 6.45) is 29.3. The predicted octanol–water partition coefficient (Wildman–Crippen LogP) is 23.7. The molecular formula is C105H102Cl7N23O5. The van der Waals surface area contributed by atoms with Crippen molar-refractivity contribution in [1.29, 1.82) is 0 Å². The smallest absolute Gasteiger partial charge is 0.258 e. The molecular weight excluding hydrogens is 1910 g/mol. The summed E-state index contributed by atoms with van der Waals surface area (Å²) < 4.78 is 10.1. The molecule has 0 bridgehead atoms. The standard InChI is InChI=1S/C23H22ClN5O.C21H18ClN5O.C21H25ClN4O.C20H15Cl2N5O.C20H22Cl2N4O/c1-14(2)16-4-6-17(7-5-16)28-23(30)19-10-26-22-20(21(19)24)15(3)11-29(22)12-18-8-9-25-13-27-18;1-13-3-5-15(6-4-13)26-21(28)17-9-24-20-18(19(17)22)14(2)10-27(20)11-16-7-8-23-12-25-16;1-14-6-8-16(9-7-14)24-21(27)17-12-23-20-18(19(17)22)15(2)13-26(20)11-5-10-25(3)4;1-12-9-27(10-15-6-7-23-11-25-15)19-17(12)18(22)16(8-24-19)20(28)26-14-4-2-13(21)3-5-14;1-13-12-26(10-4-9-25(2)3)19-17(13)18(22)16(11-23-19)20(27)24-15-7-5-14(21)6-8-15/h4-11,13-14H,12H2,1-3H3,(H,28,30);3-10,12H,11H2,1-2H3,(H,26,28);6-9,12-13H,5,10-11H2,1-4H3,(H,24,27);2-9,11H,10H2,1H3,(H,26,28);5-8,11-12H,4,9-10H2,1-3H3,(H,24,27). The van der Waals surface area contributed by atoms with E-state index in [0.29, 0.717) is 123 Å². The van der Waals surface area contributed by atoms with Crippen molar-refractivity contribution in [3.8, 4) is 0 Å². The molecule has 18 aromatic rings. The summed E-state index contributed by atoms with van der Waals surface area (Å²) in [6.45, 7) is 23.4. The van der Waals surface area contributed by atoms with E-state index in [2.05, 4.69) is 149 Å². The average molecular weight is 2010 g/mol. The maximum atomic E-state index is 12.8. The summed E-state index contributed by atoms with van der Waals surface area (Å²) in [7, 11) is 8.24. The molecule has 140 heavy (non-hydrogen) atoms. The fraction of sp³-hybridized carbons (Fsp3) is 0.219. The van der Waals surface area contributed by atoms with E-state index in [9.17, 15) is 24.0 Å². The molecule has 0 spiro atoms. The van der Waals surface area contributed by atoms with Crippen LogP contribution >= 0.6 is 81.2 Å². The summed E-state index contributed by atoms with van der Waals surface area (Å²) >= 11 is 44.8. The van der Waals surface area contributed by atoms with E-state index in [-0.39, 0.29) is 29.5 Å². The van der Waals surface area contributed by atoms with Crippen molar-refractivity contribution < 1.29 is 24.0 Å². The van der Waals surface area contributed by atoms with Crippen LogP contribution in [0.4, 0.5) is 28.4 Å². The minimum Gasteiger partial charge on any atom is -0.332 e. The number of pyridine rings is 5. The highest BCUT2D eigenvalue weighted by Gasteiger charge is 2.26. The van der Waals surface area contributed by atoms with Crippen LogP contribution in [0.2, 0.25) is 35.2 Å². The van der Waals surface area contributed by atoms with Gasteiger partial charge < -0.3 is 59.2 Å². The first-order chi connectivity index (χ1) is 67.2. The van der Waals surface area contributed by atoms with Crippen LogP contribution in [-0.2, 0) is 32.7 Å². The molecule has 0 saturated carbocycles. The number of anilines is 5. The Bertz CT molecular complexity index is 7140. The third-order valence-electron chi connectivity index (χ3n) is 22.9. The Morgan fingerprint density at radius 2 is 0.536 bits per heavy atom. The van der Waals surface area contributed by atoms with Crippen molar-refractivity contribution in [3.63, 3.8) is 0 Å². The molecule has 0 aliphatic heterocycles. The molecule has 0 aliphatic carbocycles. The summed E-state index contributed by atoms with van der Waals surface area (Å²) in [5.41, 5.74) is 19.9. The Morgan fingerprint density at radius 1 is 0.307 bits per heavy atom. The number of nitrogens with zero attached hydrogens (tertiary/aromatic N) is 18. The maximum Gasteiger partial charge on any atom is 0.258 e. The van der Waals surface area contributed by atoms with E-state index >= 15 is 0 Å². The molecule has 28 nitrogen and oxygen atoms in total. The van der Waals surface area contributed by atoms with E-state index in [4.69, 9.17) is 81.2 Å². The molecule has 0 radical (unpaired) electrons. The van der Waals surface area contributed by atoms with Crippen LogP contribution in [-0.4, -0.2) is 158 Å². The van der Waals surface area contributed by atoms with Gasteiger partial charge in [0.25, 0.3) is 29.5 Å². The first-order valence-corrected chi connectivity index (χ1v) is 47.4. The minimum absolute atomic E-state index is 0.252. The van der Waals surface area contributed by atoms with Gasteiger partial charge in [-0.1, -0.05) is 143 Å². The summed E-state index contributed by atoms with van der Waals surface area (Å²) in [5.74, 6) is -1.01. The zero-order valence-corrected chi connectivity index (χ0v) is 84.5. The number of aryl methyl sites for hydroxylation is 9. The van der Waals surface area contributed by atoms with Gasteiger partial charge in [0.1, 0.15) is 47.2 Å². The Kier molecular flexibility index (Phi) is 34.0. The van der Waals surface area contributed by atoms with Crippen LogP contribution < -0.4 is 26.6 Å². The first kappa shape index (κ1) is 102. The second kappa shape index (κ2) is 46.7. The van der Waals surface area contributed by atoms with Crippen molar-refractivity contribution in [3.05, 3.63) is 364 Å². The Labute approximate surface area is 844 Å². The van der Waals surface area contributed by atoms with E-state index in [0.717, 1.165) is 145 Å².